The van der Waals surface area contributed by atoms with Crippen molar-refractivity contribution in [3.63, 3.8) is 0 Å². The molecule has 0 N–H and O–H groups in total. The highest BCUT2D eigenvalue weighted by Gasteiger charge is 2.35. The van der Waals surface area contributed by atoms with Crippen molar-refractivity contribution in [3.05, 3.63) is 95.2 Å². The molecule has 3 aromatic rings. The lowest BCUT2D eigenvalue weighted by Crippen LogP contribution is -2.27. The van der Waals surface area contributed by atoms with E-state index in [1.807, 2.05) is 24.3 Å². The molecule has 0 unspecified atom stereocenters. The summed E-state index contributed by atoms with van der Waals surface area (Å²) in [5.41, 5.74) is 2.31. The molecule has 4 rings (SSSR count). The van der Waals surface area contributed by atoms with E-state index in [-0.39, 0.29) is 24.3 Å². The van der Waals surface area contributed by atoms with Gasteiger partial charge in [0.2, 0.25) is 0 Å². The number of nitrogens with zero attached hydrogens (tertiary/aromatic N) is 1. The normalized spacial score (nSPS) is 14.7. The number of rotatable bonds is 7. The van der Waals surface area contributed by atoms with Crippen LogP contribution in [0.15, 0.2) is 68.4 Å². The summed E-state index contributed by atoms with van der Waals surface area (Å²) in [6, 6.07) is 16.2. The van der Waals surface area contributed by atoms with Crippen molar-refractivity contribution in [2.45, 2.75) is 13.2 Å². The fraction of sp³-hybridized carbons (Fsp3) is 0.120. The zero-order chi connectivity index (χ0) is 25.1. The Morgan fingerprint density at radius 2 is 1.74 bits per heavy atom. The highest BCUT2D eigenvalue weighted by Crippen LogP contribution is 2.39. The molecule has 1 aliphatic rings. The van der Waals surface area contributed by atoms with Crippen molar-refractivity contribution in [1.29, 1.82) is 0 Å². The van der Waals surface area contributed by atoms with Gasteiger partial charge in [-0.15, -0.1) is 0 Å². The molecule has 3 aromatic carbocycles. The molecule has 1 heterocycles. The molecular weight excluding hydrogens is 641 g/mol. The van der Waals surface area contributed by atoms with Crippen molar-refractivity contribution >= 4 is 84.0 Å². The molecule has 0 radical (unpaired) electrons. The summed E-state index contributed by atoms with van der Waals surface area (Å²) >= 11 is 20.0. The van der Waals surface area contributed by atoms with E-state index in [9.17, 15) is 9.59 Å². The average molecular weight is 658 g/mol. The van der Waals surface area contributed by atoms with E-state index in [0.717, 1.165) is 27.4 Å². The Kier molecular flexibility index (Phi) is 8.50. The van der Waals surface area contributed by atoms with Crippen LogP contribution in [0.25, 0.3) is 6.08 Å². The van der Waals surface area contributed by atoms with Gasteiger partial charge in [-0.3, -0.25) is 14.5 Å². The molecule has 1 fully saturated rings. The van der Waals surface area contributed by atoms with Crippen LogP contribution >= 0.6 is 66.8 Å². The number of hydrogen-bond donors (Lipinski definition) is 0. The number of ether oxygens (including phenoxy) is 2. The highest BCUT2D eigenvalue weighted by atomic mass is 79.9. The lowest BCUT2D eigenvalue weighted by molar-refractivity contribution is -0.123. The van der Waals surface area contributed by atoms with Gasteiger partial charge in [0.25, 0.3) is 11.1 Å². The molecule has 5 nitrogen and oxygen atoms in total. The van der Waals surface area contributed by atoms with Gasteiger partial charge in [0, 0.05) is 24.6 Å². The van der Waals surface area contributed by atoms with Crippen LogP contribution in [0.1, 0.15) is 16.7 Å². The monoisotopic (exact) mass is 655 g/mol. The van der Waals surface area contributed by atoms with E-state index in [1.54, 1.807) is 36.4 Å². The molecule has 10 heteroatoms. The Morgan fingerprint density at radius 1 is 1.00 bits per heavy atom. The molecule has 0 aromatic heterocycles. The first-order valence-corrected chi connectivity index (χ1v) is 13.3. The van der Waals surface area contributed by atoms with E-state index in [0.29, 0.717) is 36.5 Å². The van der Waals surface area contributed by atoms with Gasteiger partial charge >= 0.3 is 0 Å². The van der Waals surface area contributed by atoms with E-state index in [2.05, 4.69) is 31.9 Å². The number of benzene rings is 3. The quantitative estimate of drug-likeness (QED) is 0.239. The molecule has 2 amide bonds. The first-order valence-electron chi connectivity index (χ1n) is 10.2. The lowest BCUT2D eigenvalue weighted by Gasteiger charge is -2.14. The number of thioether (sulfide) groups is 1. The minimum Gasteiger partial charge on any atom is -0.493 e. The molecule has 0 spiro atoms. The van der Waals surface area contributed by atoms with Gasteiger partial charge in [-0.1, -0.05) is 73.3 Å². The van der Waals surface area contributed by atoms with Crippen LogP contribution in [0.2, 0.25) is 10.0 Å². The van der Waals surface area contributed by atoms with Gasteiger partial charge in [0.1, 0.15) is 6.61 Å². The molecule has 35 heavy (non-hydrogen) atoms. The molecule has 0 atom stereocenters. The summed E-state index contributed by atoms with van der Waals surface area (Å²) in [5.74, 6) is 0.621. The Labute approximate surface area is 233 Å². The van der Waals surface area contributed by atoms with E-state index in [1.165, 1.54) is 12.0 Å². The number of amides is 2. The number of halogens is 4. The van der Waals surface area contributed by atoms with Crippen LogP contribution in [0.4, 0.5) is 4.79 Å². The van der Waals surface area contributed by atoms with Crippen molar-refractivity contribution < 1.29 is 19.1 Å². The smallest absolute Gasteiger partial charge is 0.293 e. The van der Waals surface area contributed by atoms with E-state index in [4.69, 9.17) is 32.7 Å². The third-order valence-corrected chi connectivity index (χ3v) is 7.81. The van der Waals surface area contributed by atoms with Crippen molar-refractivity contribution in [3.8, 4) is 11.5 Å². The average Bonchev–Trinajstić information content (AvgIpc) is 3.08. The van der Waals surface area contributed by atoms with Crippen LogP contribution in [0.3, 0.4) is 0 Å². The molecular formula is C25H17Br2Cl2NO4S. The Hall–Kier alpha value is -1.97. The topological polar surface area (TPSA) is 55.8 Å². The van der Waals surface area contributed by atoms with Gasteiger partial charge in [-0.2, -0.15) is 0 Å². The van der Waals surface area contributed by atoms with E-state index < -0.39 is 0 Å². The molecule has 180 valence electrons. The zero-order valence-corrected chi connectivity index (χ0v) is 23.7. The maximum Gasteiger partial charge on any atom is 0.293 e. The summed E-state index contributed by atoms with van der Waals surface area (Å²) < 4.78 is 13.0. The SMILES string of the molecule is COc1cc(/C=C2\SC(=O)N(Cc3ccc(Br)cc3)C2=O)c(Br)cc1OCc1ccc(Cl)cc1Cl. The van der Waals surface area contributed by atoms with Crippen molar-refractivity contribution in [2.24, 2.45) is 0 Å². The zero-order valence-electron chi connectivity index (χ0n) is 18.2. The third kappa shape index (κ3) is 6.24. The standard InChI is InChI=1S/C25H17Br2Cl2NO4S/c1-33-21-8-16(19(27)11-22(21)34-13-15-4-7-18(28)10-20(15)29)9-23-24(31)30(25(32)35-23)12-14-2-5-17(26)6-3-14/h2-11H,12-13H2,1H3/b23-9-. The van der Waals surface area contributed by atoms with Crippen molar-refractivity contribution in [1.82, 2.24) is 4.90 Å². The Balaban J connectivity index is 1.53. The summed E-state index contributed by atoms with van der Waals surface area (Å²) in [6.45, 7) is 0.424. The fourth-order valence-corrected chi connectivity index (χ4v) is 5.27. The summed E-state index contributed by atoms with van der Waals surface area (Å²) in [6.07, 6.45) is 1.67. The predicted octanol–water partition coefficient (Wildman–Crippen LogP) is 8.34. The third-order valence-electron chi connectivity index (χ3n) is 5.10. The van der Waals surface area contributed by atoms with Gasteiger partial charge in [-0.05, 0) is 65.4 Å². The number of carbonyl (C=O) groups is 2. The van der Waals surface area contributed by atoms with Crippen LogP contribution in [-0.4, -0.2) is 23.2 Å². The first-order chi connectivity index (χ1) is 16.7. The largest absolute Gasteiger partial charge is 0.493 e. The number of methoxy groups -OCH3 is 1. The molecule has 0 bridgehead atoms. The van der Waals surface area contributed by atoms with Gasteiger partial charge < -0.3 is 9.47 Å². The van der Waals surface area contributed by atoms with Crippen LogP contribution < -0.4 is 9.47 Å². The Morgan fingerprint density at radius 3 is 2.43 bits per heavy atom. The Bertz CT molecular complexity index is 1330. The summed E-state index contributed by atoms with van der Waals surface area (Å²) in [4.78, 5) is 27.0. The lowest BCUT2D eigenvalue weighted by atomic mass is 10.1. The van der Waals surface area contributed by atoms with E-state index >= 15 is 0 Å². The number of carbonyl (C=O) groups excluding carboxylic acids is 2. The molecule has 0 saturated carbocycles. The molecule has 1 saturated heterocycles. The predicted molar refractivity (Wildman–Crippen MR) is 147 cm³/mol. The van der Waals surface area contributed by atoms with Crippen LogP contribution in [0, 0.1) is 0 Å². The second-order valence-electron chi connectivity index (χ2n) is 7.44. The van der Waals surface area contributed by atoms with Crippen LogP contribution in [0.5, 0.6) is 11.5 Å². The van der Waals surface area contributed by atoms with Gasteiger partial charge in [-0.25, -0.2) is 0 Å². The maximum atomic E-state index is 13.0. The number of imide groups is 1. The molecule has 1 aliphatic heterocycles. The fourth-order valence-electron chi connectivity index (χ4n) is 3.28. The second-order valence-corrected chi connectivity index (χ2v) is 11.1. The van der Waals surface area contributed by atoms with Crippen molar-refractivity contribution in [2.75, 3.05) is 7.11 Å². The summed E-state index contributed by atoms with van der Waals surface area (Å²) in [5, 5.41) is 0.739. The van der Waals surface area contributed by atoms with Gasteiger partial charge in [0.15, 0.2) is 11.5 Å². The summed E-state index contributed by atoms with van der Waals surface area (Å²) in [7, 11) is 1.53. The van der Waals surface area contributed by atoms with Gasteiger partial charge in [0.05, 0.1) is 18.6 Å². The minimum absolute atomic E-state index is 0.208. The highest BCUT2D eigenvalue weighted by molar-refractivity contribution is 9.10. The van der Waals surface area contributed by atoms with Crippen LogP contribution in [-0.2, 0) is 17.9 Å². The first kappa shape index (κ1) is 26.1. The number of hydrogen-bond acceptors (Lipinski definition) is 5. The second kappa shape index (κ2) is 11.4. The minimum atomic E-state index is -0.341. The maximum absolute atomic E-state index is 13.0. The molecule has 0 aliphatic carbocycles.